The maximum Gasteiger partial charge on any atom is 0.241 e. The maximum atomic E-state index is 12.6. The zero-order chi connectivity index (χ0) is 23.0. The van der Waals surface area contributed by atoms with Crippen LogP contribution < -0.4 is 10.1 Å². The van der Waals surface area contributed by atoms with Crippen molar-refractivity contribution in [2.45, 2.75) is 45.6 Å². The molecular formula is C25H37N5O3. The lowest BCUT2D eigenvalue weighted by molar-refractivity contribution is -0.126. The quantitative estimate of drug-likeness (QED) is 0.581. The Balaban J connectivity index is 1.14. The molecule has 0 radical (unpaired) electrons. The van der Waals surface area contributed by atoms with E-state index in [0.29, 0.717) is 18.3 Å². The van der Waals surface area contributed by atoms with Gasteiger partial charge in [-0.1, -0.05) is 12.1 Å². The van der Waals surface area contributed by atoms with Gasteiger partial charge in [0.05, 0.1) is 13.7 Å². The number of nitrogens with one attached hydrogen (secondary N) is 1. The van der Waals surface area contributed by atoms with Crippen LogP contribution in [0, 0.1) is 11.8 Å². The third-order valence-corrected chi connectivity index (χ3v) is 6.96. The molecule has 3 heterocycles. The lowest BCUT2D eigenvalue weighted by Gasteiger charge is -2.31. The molecule has 1 aromatic carbocycles. The van der Waals surface area contributed by atoms with Crippen LogP contribution in [-0.2, 0) is 11.3 Å². The summed E-state index contributed by atoms with van der Waals surface area (Å²) in [6, 6.07) is 7.61. The minimum atomic E-state index is 0.106. The number of aromatic nitrogens is 2. The Kier molecular flexibility index (Phi) is 8.34. The average Bonchev–Trinajstić information content (AvgIpc) is 3.32. The third kappa shape index (κ3) is 6.77. The molecule has 0 aliphatic carbocycles. The number of methoxy groups -OCH3 is 1. The number of nitrogens with zero attached hydrogens (tertiary/aromatic N) is 4. The summed E-state index contributed by atoms with van der Waals surface area (Å²) in [5.41, 5.74) is 0.899. The van der Waals surface area contributed by atoms with Crippen LogP contribution in [0.2, 0.25) is 0 Å². The molecule has 33 heavy (non-hydrogen) atoms. The van der Waals surface area contributed by atoms with Crippen LogP contribution >= 0.6 is 0 Å². The molecule has 0 bridgehead atoms. The van der Waals surface area contributed by atoms with E-state index in [2.05, 4.69) is 32.2 Å². The molecule has 2 fully saturated rings. The highest BCUT2D eigenvalue weighted by atomic mass is 16.5. The Morgan fingerprint density at radius 2 is 1.79 bits per heavy atom. The third-order valence-electron chi connectivity index (χ3n) is 6.96. The van der Waals surface area contributed by atoms with Crippen LogP contribution in [0.1, 0.15) is 44.9 Å². The summed E-state index contributed by atoms with van der Waals surface area (Å²) in [6.45, 7) is 8.96. The zero-order valence-electron chi connectivity index (χ0n) is 20.0. The van der Waals surface area contributed by atoms with Crippen LogP contribution in [0.25, 0.3) is 11.4 Å². The van der Waals surface area contributed by atoms with Gasteiger partial charge < -0.3 is 19.5 Å². The molecular weight excluding hydrogens is 418 g/mol. The molecule has 0 spiro atoms. The summed E-state index contributed by atoms with van der Waals surface area (Å²) in [7, 11) is 1.64. The largest absolute Gasteiger partial charge is 0.497 e. The molecule has 1 amide bonds. The minimum Gasteiger partial charge on any atom is -0.497 e. The Hall–Kier alpha value is -2.45. The summed E-state index contributed by atoms with van der Waals surface area (Å²) >= 11 is 0. The minimum absolute atomic E-state index is 0.106. The number of benzene rings is 1. The highest BCUT2D eigenvalue weighted by molar-refractivity contribution is 5.78. The van der Waals surface area contributed by atoms with Crippen LogP contribution in [0.5, 0.6) is 5.75 Å². The molecule has 2 aliphatic heterocycles. The van der Waals surface area contributed by atoms with Crippen LogP contribution in [0.4, 0.5) is 0 Å². The number of piperidine rings is 2. The summed E-state index contributed by atoms with van der Waals surface area (Å²) < 4.78 is 10.6. The second-order valence-corrected chi connectivity index (χ2v) is 9.46. The molecule has 2 aromatic rings. The average molecular weight is 456 g/mol. The van der Waals surface area contributed by atoms with Crippen LogP contribution in [-0.4, -0.2) is 72.2 Å². The van der Waals surface area contributed by atoms with Gasteiger partial charge in [-0.2, -0.15) is 4.98 Å². The van der Waals surface area contributed by atoms with Gasteiger partial charge in [0.15, 0.2) is 0 Å². The Labute approximate surface area is 196 Å². The van der Waals surface area contributed by atoms with Crippen molar-refractivity contribution in [1.29, 1.82) is 0 Å². The van der Waals surface area contributed by atoms with Crippen molar-refractivity contribution in [2.24, 2.45) is 11.8 Å². The molecule has 2 aliphatic rings. The lowest BCUT2D eigenvalue weighted by atomic mass is 9.96. The predicted octanol–water partition coefficient (Wildman–Crippen LogP) is 3.20. The molecule has 8 nitrogen and oxygen atoms in total. The number of carbonyl (C=O) groups excluding carboxylic acids is 1. The van der Waals surface area contributed by atoms with E-state index in [1.807, 2.05) is 24.3 Å². The molecule has 1 N–H and O–H groups in total. The Morgan fingerprint density at radius 1 is 1.09 bits per heavy atom. The molecule has 2 saturated heterocycles. The van der Waals surface area contributed by atoms with Gasteiger partial charge in [-0.15, -0.1) is 0 Å². The first kappa shape index (κ1) is 23.7. The van der Waals surface area contributed by atoms with E-state index in [-0.39, 0.29) is 11.8 Å². The number of rotatable bonds is 9. The van der Waals surface area contributed by atoms with E-state index in [4.69, 9.17) is 9.26 Å². The molecule has 1 aromatic heterocycles. The van der Waals surface area contributed by atoms with Gasteiger partial charge in [0.1, 0.15) is 5.75 Å². The number of amides is 1. The second kappa shape index (κ2) is 11.6. The molecule has 180 valence electrons. The van der Waals surface area contributed by atoms with Crippen molar-refractivity contribution in [3.8, 4) is 17.1 Å². The fourth-order valence-electron chi connectivity index (χ4n) is 4.67. The van der Waals surface area contributed by atoms with Crippen molar-refractivity contribution >= 4 is 5.91 Å². The van der Waals surface area contributed by atoms with E-state index in [9.17, 15) is 4.79 Å². The first-order valence-corrected chi connectivity index (χ1v) is 12.3. The van der Waals surface area contributed by atoms with Crippen LogP contribution in [0.15, 0.2) is 28.8 Å². The van der Waals surface area contributed by atoms with Crippen molar-refractivity contribution in [3.05, 3.63) is 30.2 Å². The van der Waals surface area contributed by atoms with Gasteiger partial charge >= 0.3 is 0 Å². The Bertz CT molecular complexity index is 868. The van der Waals surface area contributed by atoms with Gasteiger partial charge in [-0.05, 0) is 95.0 Å². The van der Waals surface area contributed by atoms with E-state index < -0.39 is 0 Å². The molecule has 4 rings (SSSR count). The first-order chi connectivity index (χ1) is 16.1. The fourth-order valence-corrected chi connectivity index (χ4v) is 4.67. The number of likely N-dealkylation sites (tertiary alicyclic amines) is 2. The van der Waals surface area contributed by atoms with Crippen molar-refractivity contribution in [1.82, 2.24) is 25.3 Å². The van der Waals surface area contributed by atoms with Gasteiger partial charge in [-0.25, -0.2) is 0 Å². The monoisotopic (exact) mass is 455 g/mol. The normalized spacial score (nSPS) is 19.0. The number of ether oxygens (including phenoxy) is 1. The molecule has 0 unspecified atom stereocenters. The summed E-state index contributed by atoms with van der Waals surface area (Å²) in [5.74, 6) is 3.17. The van der Waals surface area contributed by atoms with Gasteiger partial charge in [-0.3, -0.25) is 9.69 Å². The van der Waals surface area contributed by atoms with Gasteiger partial charge in [0, 0.05) is 18.0 Å². The predicted molar refractivity (Wildman–Crippen MR) is 127 cm³/mol. The van der Waals surface area contributed by atoms with E-state index in [1.165, 1.54) is 25.9 Å². The number of carbonyl (C=O) groups is 1. The maximum absolute atomic E-state index is 12.6. The summed E-state index contributed by atoms with van der Waals surface area (Å²) in [5, 5.41) is 7.27. The number of hydrogen-bond acceptors (Lipinski definition) is 7. The molecule has 0 atom stereocenters. The van der Waals surface area contributed by atoms with Crippen molar-refractivity contribution in [2.75, 3.05) is 46.4 Å². The zero-order valence-corrected chi connectivity index (χ0v) is 20.0. The fraction of sp³-hybridized carbons (Fsp3) is 0.640. The molecule has 8 heteroatoms. The topological polar surface area (TPSA) is 83.7 Å². The second-order valence-electron chi connectivity index (χ2n) is 9.46. The van der Waals surface area contributed by atoms with Gasteiger partial charge in [0.25, 0.3) is 0 Å². The van der Waals surface area contributed by atoms with E-state index >= 15 is 0 Å². The first-order valence-electron chi connectivity index (χ1n) is 12.3. The lowest BCUT2D eigenvalue weighted by Crippen LogP contribution is -2.41. The Morgan fingerprint density at radius 3 is 2.48 bits per heavy atom. The highest BCUT2D eigenvalue weighted by Gasteiger charge is 2.26. The number of hydrogen-bond donors (Lipinski definition) is 1. The van der Waals surface area contributed by atoms with Crippen molar-refractivity contribution in [3.63, 3.8) is 0 Å². The van der Waals surface area contributed by atoms with E-state index in [0.717, 1.165) is 62.7 Å². The standard InChI is InChI=1S/C25H37N5O3/c1-19-8-14-29(15-9-19)13-3-12-26-25(31)21-10-16-30(17-11-21)18-23-27-24(28-33-23)20-4-6-22(32-2)7-5-20/h4-7,19,21H,3,8-18H2,1-2H3,(H,26,31). The van der Waals surface area contributed by atoms with Crippen LogP contribution in [0.3, 0.4) is 0 Å². The summed E-state index contributed by atoms with van der Waals surface area (Å²) in [6.07, 6.45) is 5.38. The molecule has 0 saturated carbocycles. The van der Waals surface area contributed by atoms with E-state index in [1.54, 1.807) is 7.11 Å². The van der Waals surface area contributed by atoms with Gasteiger partial charge in [0.2, 0.25) is 17.6 Å². The highest BCUT2D eigenvalue weighted by Crippen LogP contribution is 2.22. The smallest absolute Gasteiger partial charge is 0.241 e. The summed E-state index contributed by atoms with van der Waals surface area (Å²) in [4.78, 5) is 21.9. The van der Waals surface area contributed by atoms with Crippen molar-refractivity contribution < 1.29 is 14.1 Å². The SMILES string of the molecule is COc1ccc(-c2noc(CN3CCC(C(=O)NCCCN4CCC(C)CC4)CC3)n2)cc1.